The third-order valence-electron chi connectivity index (χ3n) is 6.23. The van der Waals surface area contributed by atoms with E-state index in [0.717, 1.165) is 55.7 Å². The lowest BCUT2D eigenvalue weighted by Gasteiger charge is -2.35. The van der Waals surface area contributed by atoms with Crippen LogP contribution in [-0.2, 0) is 23.6 Å². The van der Waals surface area contributed by atoms with E-state index in [0.29, 0.717) is 35.8 Å². The summed E-state index contributed by atoms with van der Waals surface area (Å²) in [5, 5.41) is 3.49. The summed E-state index contributed by atoms with van der Waals surface area (Å²) in [5.41, 5.74) is 2.05. The highest BCUT2D eigenvalue weighted by Gasteiger charge is 2.21. The first-order valence-corrected chi connectivity index (χ1v) is 13.7. The van der Waals surface area contributed by atoms with Crippen molar-refractivity contribution in [2.24, 2.45) is 0 Å². The van der Waals surface area contributed by atoms with Gasteiger partial charge in [-0.3, -0.25) is 9.69 Å². The van der Waals surface area contributed by atoms with Gasteiger partial charge in [0.15, 0.2) is 22.4 Å². The first-order valence-electron chi connectivity index (χ1n) is 12.7. The van der Waals surface area contributed by atoms with E-state index in [1.165, 1.54) is 17.3 Å². The topological polar surface area (TPSA) is 102 Å². The summed E-state index contributed by atoms with van der Waals surface area (Å²) in [6, 6.07) is 11.7. The smallest absolute Gasteiger partial charge is 0.287 e. The van der Waals surface area contributed by atoms with Crippen molar-refractivity contribution in [3.8, 4) is 11.5 Å². The highest BCUT2D eigenvalue weighted by molar-refractivity contribution is 7.98. The van der Waals surface area contributed by atoms with Crippen molar-refractivity contribution in [1.82, 2.24) is 20.2 Å². The fourth-order valence-corrected chi connectivity index (χ4v) is 5.15. The maximum Gasteiger partial charge on any atom is 0.287 e. The molecule has 1 aromatic carbocycles. The normalized spacial score (nSPS) is 15.3. The van der Waals surface area contributed by atoms with Crippen molar-refractivity contribution in [3.05, 3.63) is 59.2 Å². The van der Waals surface area contributed by atoms with Gasteiger partial charge >= 0.3 is 0 Å². The molecule has 10 nitrogen and oxygen atoms in total. The molecule has 4 heterocycles. The molecule has 1 N–H and O–H groups in total. The van der Waals surface area contributed by atoms with Gasteiger partial charge in [0.05, 0.1) is 18.1 Å². The van der Waals surface area contributed by atoms with Gasteiger partial charge in [-0.1, -0.05) is 17.8 Å². The van der Waals surface area contributed by atoms with Crippen LogP contribution in [0.25, 0.3) is 0 Å². The number of carbonyl (C=O) groups excluding carboxylic acids is 1. The third-order valence-corrected chi connectivity index (χ3v) is 7.10. The van der Waals surface area contributed by atoms with Gasteiger partial charge in [0.25, 0.3) is 5.91 Å². The van der Waals surface area contributed by atoms with Crippen LogP contribution in [0.15, 0.2) is 46.0 Å². The molecular formula is C27H33N5O5S. The summed E-state index contributed by atoms with van der Waals surface area (Å²) in [4.78, 5) is 26.4. The summed E-state index contributed by atoms with van der Waals surface area (Å²) in [5.74, 6) is 3.84. The summed E-state index contributed by atoms with van der Waals surface area (Å²) in [6.45, 7) is 8.98. The number of thioether (sulfide) groups is 1. The number of fused-ring (bicyclic) bond motifs is 1. The number of carbonyl (C=O) groups is 1. The number of anilines is 1. The molecule has 0 unspecified atom stereocenters. The molecule has 0 aliphatic carbocycles. The number of hydrogen-bond donors (Lipinski definition) is 1. The second-order valence-electron chi connectivity index (χ2n) is 9.57. The molecule has 11 heteroatoms. The number of piperazine rings is 1. The van der Waals surface area contributed by atoms with Gasteiger partial charge in [-0.2, -0.15) is 0 Å². The lowest BCUT2D eigenvalue weighted by atomic mass is 10.1. The average Bonchev–Trinajstić information content (AvgIpc) is 3.57. The molecule has 5 rings (SSSR count). The number of amides is 1. The fourth-order valence-electron chi connectivity index (χ4n) is 4.39. The third kappa shape index (κ3) is 6.58. The minimum absolute atomic E-state index is 0.0475. The van der Waals surface area contributed by atoms with E-state index < -0.39 is 0 Å². The highest BCUT2D eigenvalue weighted by atomic mass is 32.2. The van der Waals surface area contributed by atoms with Gasteiger partial charge in [-0.05, 0) is 43.7 Å². The van der Waals surface area contributed by atoms with E-state index in [1.54, 1.807) is 13.2 Å². The van der Waals surface area contributed by atoms with Crippen LogP contribution >= 0.6 is 11.8 Å². The van der Waals surface area contributed by atoms with Gasteiger partial charge < -0.3 is 28.8 Å². The summed E-state index contributed by atoms with van der Waals surface area (Å²) in [6.07, 6.45) is 0. The van der Waals surface area contributed by atoms with Gasteiger partial charge in [0.1, 0.15) is 11.6 Å². The zero-order chi connectivity index (χ0) is 26.5. The predicted molar refractivity (Wildman–Crippen MR) is 144 cm³/mol. The van der Waals surface area contributed by atoms with Crippen molar-refractivity contribution in [2.45, 2.75) is 44.0 Å². The number of nitrogens with zero attached hydrogens (tertiary/aromatic N) is 4. The fraction of sp³-hybridized carbons (Fsp3) is 0.444. The Bertz CT molecular complexity index is 1260. The quantitative estimate of drug-likeness (QED) is 0.303. The second-order valence-corrected chi connectivity index (χ2v) is 10.5. The molecule has 1 fully saturated rings. The number of benzene rings is 1. The minimum Gasteiger partial charge on any atom is -0.455 e. The van der Waals surface area contributed by atoms with E-state index in [2.05, 4.69) is 32.2 Å². The number of methoxy groups -OCH3 is 1. The zero-order valence-electron chi connectivity index (χ0n) is 21.9. The number of ether oxygens (including phenoxy) is 3. The molecule has 3 aromatic rings. The van der Waals surface area contributed by atoms with Crippen LogP contribution in [-0.4, -0.2) is 66.9 Å². The molecule has 38 heavy (non-hydrogen) atoms. The molecule has 0 bridgehead atoms. The van der Waals surface area contributed by atoms with Gasteiger partial charge in [0, 0.05) is 51.9 Å². The molecule has 2 aliphatic rings. The summed E-state index contributed by atoms with van der Waals surface area (Å²) < 4.78 is 22.0. The maximum atomic E-state index is 12.2. The van der Waals surface area contributed by atoms with Crippen molar-refractivity contribution in [2.75, 3.05) is 45.0 Å². The molecule has 1 amide bonds. The average molecular weight is 540 g/mol. The number of rotatable bonds is 10. The van der Waals surface area contributed by atoms with Crippen LogP contribution in [0, 0.1) is 0 Å². The summed E-state index contributed by atoms with van der Waals surface area (Å²) in [7, 11) is 1.66. The zero-order valence-corrected chi connectivity index (χ0v) is 22.8. The monoisotopic (exact) mass is 539 g/mol. The standard InChI is InChI=1S/C27H33N5O5S/c1-18(2)28-26(33)23-7-5-21(37-23)16-38-27-29-20(15-34-3)13-25(30-27)32-10-8-31(9-11-32)14-19-4-6-22-24(12-19)36-17-35-22/h4-7,12-13,18H,8-11,14-17H2,1-3H3,(H,28,33). The Labute approximate surface area is 226 Å². The Hall–Kier alpha value is -3.28. The molecule has 0 radical (unpaired) electrons. The molecule has 202 valence electrons. The van der Waals surface area contributed by atoms with E-state index in [9.17, 15) is 4.79 Å². The van der Waals surface area contributed by atoms with Crippen LogP contribution in [0.4, 0.5) is 5.82 Å². The minimum atomic E-state index is -0.213. The number of furan rings is 1. The number of hydrogen-bond acceptors (Lipinski definition) is 10. The molecule has 2 aliphatic heterocycles. The highest BCUT2D eigenvalue weighted by Crippen LogP contribution is 2.33. The molecule has 1 saturated heterocycles. The van der Waals surface area contributed by atoms with E-state index >= 15 is 0 Å². The lowest BCUT2D eigenvalue weighted by molar-refractivity contribution is 0.0913. The van der Waals surface area contributed by atoms with Gasteiger partial charge in [-0.15, -0.1) is 0 Å². The van der Waals surface area contributed by atoms with Crippen LogP contribution in [0.2, 0.25) is 0 Å². The maximum absolute atomic E-state index is 12.2. The number of aromatic nitrogens is 2. The Morgan fingerprint density at radius 3 is 2.68 bits per heavy atom. The van der Waals surface area contributed by atoms with Crippen molar-refractivity contribution in [1.29, 1.82) is 0 Å². The van der Waals surface area contributed by atoms with Crippen molar-refractivity contribution < 1.29 is 23.4 Å². The summed E-state index contributed by atoms with van der Waals surface area (Å²) >= 11 is 1.48. The Balaban J connectivity index is 1.19. The first-order chi connectivity index (χ1) is 18.5. The second kappa shape index (κ2) is 12.1. The molecule has 0 spiro atoms. The van der Waals surface area contributed by atoms with E-state index in [4.69, 9.17) is 23.6 Å². The van der Waals surface area contributed by atoms with Gasteiger partial charge in [-0.25, -0.2) is 9.97 Å². The van der Waals surface area contributed by atoms with E-state index in [1.807, 2.05) is 32.0 Å². The molecule has 0 saturated carbocycles. The van der Waals surface area contributed by atoms with Crippen LogP contribution in [0.5, 0.6) is 11.5 Å². The largest absolute Gasteiger partial charge is 0.455 e. The lowest BCUT2D eigenvalue weighted by Crippen LogP contribution is -2.46. The Morgan fingerprint density at radius 2 is 1.89 bits per heavy atom. The molecule has 0 atom stereocenters. The Morgan fingerprint density at radius 1 is 1.08 bits per heavy atom. The van der Waals surface area contributed by atoms with Crippen LogP contribution in [0.3, 0.4) is 0 Å². The van der Waals surface area contributed by atoms with E-state index in [-0.39, 0.29) is 11.9 Å². The Kier molecular flexibility index (Phi) is 8.35. The van der Waals surface area contributed by atoms with Crippen molar-refractivity contribution >= 4 is 23.5 Å². The molecule has 2 aromatic heterocycles. The SMILES string of the molecule is COCc1cc(N2CCN(Cc3ccc4c(c3)OCO4)CC2)nc(SCc2ccc(C(=O)NC(C)C)o2)n1. The van der Waals surface area contributed by atoms with Crippen molar-refractivity contribution in [3.63, 3.8) is 0 Å². The number of nitrogens with one attached hydrogen (secondary N) is 1. The van der Waals surface area contributed by atoms with Gasteiger partial charge in [0.2, 0.25) is 6.79 Å². The van der Waals surface area contributed by atoms with Crippen LogP contribution in [0.1, 0.15) is 41.4 Å². The molecular weight excluding hydrogens is 506 g/mol. The first kappa shape index (κ1) is 26.3. The predicted octanol–water partition coefficient (Wildman–Crippen LogP) is 3.70. The van der Waals surface area contributed by atoms with Crippen LogP contribution < -0.4 is 19.7 Å².